The summed E-state index contributed by atoms with van der Waals surface area (Å²) in [5.41, 5.74) is 1.60. The Labute approximate surface area is 206 Å². The molecule has 0 saturated carbocycles. The van der Waals surface area contributed by atoms with Gasteiger partial charge in [-0.1, -0.05) is 64.0 Å². The molecule has 0 aliphatic carbocycles. The van der Waals surface area contributed by atoms with Crippen LogP contribution in [0.25, 0.3) is 0 Å². The van der Waals surface area contributed by atoms with Crippen LogP contribution in [-0.4, -0.2) is 30.8 Å². The lowest BCUT2D eigenvalue weighted by Crippen LogP contribution is -2.50. The van der Waals surface area contributed by atoms with Crippen LogP contribution in [0.2, 0.25) is 0 Å². The van der Waals surface area contributed by atoms with Gasteiger partial charge in [0.05, 0.1) is 4.90 Å². The molecular formula is C24H20BrN3O3S2. The fraction of sp³-hybridized carbons (Fsp3) is 0.167. The molecule has 5 rings (SSSR count). The lowest BCUT2D eigenvalue weighted by atomic mass is 9.81. The number of nitrogens with zero attached hydrogens (tertiary/aromatic N) is 2. The number of hydrogen-bond donors (Lipinski definition) is 1. The maximum absolute atomic E-state index is 13.9. The van der Waals surface area contributed by atoms with Gasteiger partial charge in [-0.25, -0.2) is 12.7 Å². The predicted octanol–water partition coefficient (Wildman–Crippen LogP) is 4.25. The highest BCUT2D eigenvalue weighted by Gasteiger charge is 2.64. The van der Waals surface area contributed by atoms with Crippen LogP contribution < -0.4 is 10.2 Å². The number of aryl methyl sites for hydroxylation is 1. The molecule has 168 valence electrons. The van der Waals surface area contributed by atoms with Gasteiger partial charge < -0.3 is 10.2 Å². The highest BCUT2D eigenvalue weighted by molar-refractivity contribution is 9.10. The first-order chi connectivity index (χ1) is 15.7. The van der Waals surface area contributed by atoms with Gasteiger partial charge in [0, 0.05) is 22.8 Å². The molecule has 1 N–H and O–H groups in total. The number of amides is 1. The number of rotatable bonds is 3. The minimum absolute atomic E-state index is 0.0148. The van der Waals surface area contributed by atoms with Crippen LogP contribution in [0.5, 0.6) is 0 Å². The molecule has 0 unspecified atom stereocenters. The number of benzene rings is 3. The molecule has 2 atom stereocenters. The molecule has 1 fully saturated rings. The number of hydrogen-bond acceptors (Lipinski definition) is 4. The summed E-state index contributed by atoms with van der Waals surface area (Å²) >= 11 is 9.09. The summed E-state index contributed by atoms with van der Waals surface area (Å²) in [6.45, 7) is 1.89. The van der Waals surface area contributed by atoms with E-state index < -0.39 is 21.6 Å². The van der Waals surface area contributed by atoms with Crippen LogP contribution in [0.1, 0.15) is 22.7 Å². The van der Waals surface area contributed by atoms with Crippen molar-refractivity contribution in [1.29, 1.82) is 0 Å². The van der Waals surface area contributed by atoms with Crippen molar-refractivity contribution in [2.75, 3.05) is 11.9 Å². The third-order valence-electron chi connectivity index (χ3n) is 6.22. The van der Waals surface area contributed by atoms with Crippen LogP contribution in [0.4, 0.5) is 5.69 Å². The molecular weight excluding hydrogens is 522 g/mol. The van der Waals surface area contributed by atoms with E-state index in [1.54, 1.807) is 36.2 Å². The van der Waals surface area contributed by atoms with Crippen molar-refractivity contribution >= 4 is 54.9 Å². The predicted molar refractivity (Wildman–Crippen MR) is 134 cm³/mol. The van der Waals surface area contributed by atoms with Gasteiger partial charge in [-0.15, -0.1) is 0 Å². The van der Waals surface area contributed by atoms with Crippen molar-refractivity contribution in [3.8, 4) is 0 Å². The van der Waals surface area contributed by atoms with E-state index in [4.69, 9.17) is 12.2 Å². The first-order valence-corrected chi connectivity index (χ1v) is 12.9. The number of likely N-dealkylation sites (N-methyl/N-ethyl adjacent to an activating group) is 1. The quantitative estimate of drug-likeness (QED) is 0.502. The molecule has 6 nitrogen and oxygen atoms in total. The second kappa shape index (κ2) is 7.65. The molecule has 1 saturated heterocycles. The van der Waals surface area contributed by atoms with Crippen LogP contribution in [0.15, 0.2) is 82.2 Å². The van der Waals surface area contributed by atoms with E-state index in [-0.39, 0.29) is 15.9 Å². The summed E-state index contributed by atoms with van der Waals surface area (Å²) in [7, 11) is -2.39. The molecule has 2 aliphatic heterocycles. The van der Waals surface area contributed by atoms with Gasteiger partial charge in [-0.2, -0.15) is 0 Å². The van der Waals surface area contributed by atoms with E-state index in [9.17, 15) is 13.2 Å². The third kappa shape index (κ3) is 3.13. The SMILES string of the molecule is Cc1ccc(S(=O)(=O)N2C(=S)N[C@]3(C(=O)N(C)c4ccccc43)[C@H]2c2cccc(Br)c2)cc1. The van der Waals surface area contributed by atoms with E-state index >= 15 is 0 Å². The maximum Gasteiger partial charge on any atom is 0.266 e. The number of para-hydroxylation sites is 1. The lowest BCUT2D eigenvalue weighted by molar-refractivity contribution is -0.124. The zero-order valence-corrected chi connectivity index (χ0v) is 21.0. The Morgan fingerprint density at radius 1 is 1.03 bits per heavy atom. The molecule has 0 bridgehead atoms. The number of thiocarbonyl (C=S) groups is 1. The van der Waals surface area contributed by atoms with Gasteiger partial charge in [0.1, 0.15) is 6.04 Å². The minimum Gasteiger partial charge on any atom is -0.342 e. The van der Waals surface area contributed by atoms with Gasteiger partial charge in [0.15, 0.2) is 10.7 Å². The van der Waals surface area contributed by atoms with Gasteiger partial charge in [0.25, 0.3) is 15.9 Å². The van der Waals surface area contributed by atoms with Crippen molar-refractivity contribution in [2.24, 2.45) is 0 Å². The van der Waals surface area contributed by atoms with Crippen molar-refractivity contribution in [3.63, 3.8) is 0 Å². The van der Waals surface area contributed by atoms with Crippen molar-refractivity contribution in [3.05, 3.63) is 94.0 Å². The van der Waals surface area contributed by atoms with Gasteiger partial charge in [-0.3, -0.25) is 4.79 Å². The smallest absolute Gasteiger partial charge is 0.266 e. The molecule has 0 aromatic heterocycles. The average Bonchev–Trinajstić information content (AvgIpc) is 3.22. The minimum atomic E-state index is -4.08. The Balaban J connectivity index is 1.79. The summed E-state index contributed by atoms with van der Waals surface area (Å²) in [4.78, 5) is 15.5. The van der Waals surface area contributed by atoms with Gasteiger partial charge in [-0.05, 0) is 55.0 Å². The second-order valence-corrected chi connectivity index (χ2v) is 11.3. The summed E-state index contributed by atoms with van der Waals surface area (Å²) in [5.74, 6) is -0.266. The van der Waals surface area contributed by atoms with Crippen molar-refractivity contribution in [1.82, 2.24) is 9.62 Å². The summed E-state index contributed by atoms with van der Waals surface area (Å²) < 4.78 is 29.8. The van der Waals surface area contributed by atoms with Gasteiger partial charge >= 0.3 is 0 Å². The number of nitrogens with one attached hydrogen (secondary N) is 1. The average molecular weight is 542 g/mol. The summed E-state index contributed by atoms with van der Waals surface area (Å²) in [6, 6.07) is 20.4. The number of carbonyl (C=O) groups excluding carboxylic acids is 1. The highest BCUT2D eigenvalue weighted by Crippen LogP contribution is 2.53. The fourth-order valence-electron chi connectivity index (χ4n) is 4.69. The number of halogens is 1. The maximum atomic E-state index is 13.9. The molecule has 1 amide bonds. The van der Waals surface area contributed by atoms with E-state index in [0.29, 0.717) is 16.8 Å². The molecule has 3 aromatic rings. The number of anilines is 1. The van der Waals surface area contributed by atoms with Crippen molar-refractivity contribution < 1.29 is 13.2 Å². The van der Waals surface area contributed by atoms with Gasteiger partial charge in [0.2, 0.25) is 0 Å². The molecule has 2 heterocycles. The summed E-state index contributed by atoms with van der Waals surface area (Å²) in [6.07, 6.45) is 0. The number of sulfonamides is 1. The Kier molecular flexibility index (Phi) is 5.11. The Morgan fingerprint density at radius 3 is 2.42 bits per heavy atom. The Bertz CT molecular complexity index is 1410. The molecule has 1 spiro atoms. The van der Waals surface area contributed by atoms with Crippen LogP contribution in [-0.2, 0) is 20.4 Å². The monoisotopic (exact) mass is 541 g/mol. The van der Waals surface area contributed by atoms with E-state index in [0.717, 1.165) is 10.0 Å². The molecule has 9 heteroatoms. The van der Waals surface area contributed by atoms with Crippen LogP contribution >= 0.6 is 28.1 Å². The van der Waals surface area contributed by atoms with E-state index in [1.165, 1.54) is 4.31 Å². The number of fused-ring (bicyclic) bond motifs is 2. The first kappa shape index (κ1) is 22.1. The largest absolute Gasteiger partial charge is 0.342 e. The van der Waals surface area contributed by atoms with E-state index in [1.807, 2.05) is 55.5 Å². The normalized spacial score (nSPS) is 22.1. The van der Waals surface area contributed by atoms with E-state index in [2.05, 4.69) is 21.2 Å². The second-order valence-electron chi connectivity index (χ2n) is 8.19. The molecule has 33 heavy (non-hydrogen) atoms. The topological polar surface area (TPSA) is 69.7 Å². The van der Waals surface area contributed by atoms with Crippen LogP contribution in [0, 0.1) is 6.92 Å². The standard InChI is InChI=1S/C24H20BrN3O3S2/c1-15-10-12-18(13-11-15)33(30,31)28-21(16-6-5-7-17(25)14-16)24(26-23(28)32)19-8-3-4-9-20(19)27(2)22(24)29/h3-14,21H,1-2H3,(H,26,32)/t21-,24+/m1/s1. The Hall–Kier alpha value is -2.75. The highest BCUT2D eigenvalue weighted by atomic mass is 79.9. The zero-order chi connectivity index (χ0) is 23.5. The fourth-order valence-corrected chi connectivity index (χ4v) is 7.20. The third-order valence-corrected chi connectivity index (χ3v) is 8.91. The summed E-state index contributed by atoms with van der Waals surface area (Å²) in [5, 5.41) is 3.13. The Morgan fingerprint density at radius 2 is 1.73 bits per heavy atom. The van der Waals surface area contributed by atoms with Crippen molar-refractivity contribution in [2.45, 2.75) is 23.4 Å². The molecule has 3 aromatic carbocycles. The first-order valence-electron chi connectivity index (χ1n) is 10.2. The zero-order valence-electron chi connectivity index (χ0n) is 17.8. The lowest BCUT2D eigenvalue weighted by Gasteiger charge is -2.33. The number of carbonyl (C=O) groups is 1. The molecule has 0 radical (unpaired) electrons. The van der Waals surface area contributed by atoms with Crippen LogP contribution in [0.3, 0.4) is 0 Å². The molecule has 2 aliphatic rings.